The molecule has 0 heterocycles. The van der Waals surface area contributed by atoms with Gasteiger partial charge in [0.05, 0.1) is 7.11 Å². The van der Waals surface area contributed by atoms with Gasteiger partial charge in [0.1, 0.15) is 5.75 Å². The third kappa shape index (κ3) is 3.61. The minimum absolute atomic E-state index is 0.321. The van der Waals surface area contributed by atoms with Crippen molar-refractivity contribution in [3.05, 3.63) is 64.7 Å². The fourth-order valence-electron chi connectivity index (χ4n) is 2.65. The van der Waals surface area contributed by atoms with Gasteiger partial charge in [0.25, 0.3) is 0 Å². The molecule has 20 heavy (non-hydrogen) atoms. The second-order valence-electron chi connectivity index (χ2n) is 5.31. The van der Waals surface area contributed by atoms with Crippen molar-refractivity contribution in [2.45, 2.75) is 26.3 Å². The molecule has 0 aromatic heterocycles. The monoisotopic (exact) mass is 269 g/mol. The molecule has 1 atom stereocenters. The van der Waals surface area contributed by atoms with Crippen LogP contribution in [0.15, 0.2) is 42.5 Å². The summed E-state index contributed by atoms with van der Waals surface area (Å²) in [5.74, 6) is 0.898. The van der Waals surface area contributed by atoms with Gasteiger partial charge >= 0.3 is 0 Å². The first-order valence-electron chi connectivity index (χ1n) is 7.00. The normalized spacial score (nSPS) is 12.2. The van der Waals surface area contributed by atoms with E-state index in [-0.39, 0.29) is 0 Å². The summed E-state index contributed by atoms with van der Waals surface area (Å²) in [5, 5.41) is 3.40. The lowest BCUT2D eigenvalue weighted by atomic mass is 9.96. The molecule has 0 amide bonds. The number of hydrogen-bond donors (Lipinski definition) is 1. The van der Waals surface area contributed by atoms with Crippen LogP contribution >= 0.6 is 0 Å². The molecular formula is C18H23NO. The molecule has 0 bridgehead atoms. The summed E-state index contributed by atoms with van der Waals surface area (Å²) in [6.07, 6.45) is 0.991. The Labute approximate surface area is 121 Å². The van der Waals surface area contributed by atoms with Gasteiger partial charge in [0.15, 0.2) is 0 Å². The standard InChI is InChI=1S/C18H23NO/c1-13-9-14(2)11-15(10-13)12-18(19-3)16-5-7-17(20-4)8-6-16/h5-11,18-19H,12H2,1-4H3. The fraction of sp³-hybridized carbons (Fsp3) is 0.333. The van der Waals surface area contributed by atoms with Gasteiger partial charge in [0, 0.05) is 6.04 Å². The predicted molar refractivity (Wildman–Crippen MR) is 84.4 cm³/mol. The zero-order chi connectivity index (χ0) is 14.5. The highest BCUT2D eigenvalue weighted by Gasteiger charge is 2.10. The Bertz CT molecular complexity index is 540. The molecule has 0 spiro atoms. The van der Waals surface area contributed by atoms with Crippen LogP contribution in [-0.4, -0.2) is 14.2 Å². The van der Waals surface area contributed by atoms with E-state index in [0.29, 0.717) is 6.04 Å². The Morgan fingerprint density at radius 2 is 1.60 bits per heavy atom. The van der Waals surface area contributed by atoms with Crippen molar-refractivity contribution in [1.82, 2.24) is 5.32 Å². The van der Waals surface area contributed by atoms with Crippen molar-refractivity contribution in [3.8, 4) is 5.75 Å². The SMILES string of the molecule is CNC(Cc1cc(C)cc(C)c1)c1ccc(OC)cc1. The van der Waals surface area contributed by atoms with Crippen molar-refractivity contribution >= 4 is 0 Å². The predicted octanol–water partition coefficient (Wildman–Crippen LogP) is 3.82. The molecule has 2 aromatic carbocycles. The average molecular weight is 269 g/mol. The first-order valence-corrected chi connectivity index (χ1v) is 7.00. The topological polar surface area (TPSA) is 21.3 Å². The van der Waals surface area contributed by atoms with Gasteiger partial charge in [-0.2, -0.15) is 0 Å². The summed E-state index contributed by atoms with van der Waals surface area (Å²) < 4.78 is 5.21. The lowest BCUT2D eigenvalue weighted by Crippen LogP contribution is -2.18. The van der Waals surface area contributed by atoms with Gasteiger partial charge < -0.3 is 10.1 Å². The van der Waals surface area contributed by atoms with Crippen LogP contribution in [0.4, 0.5) is 0 Å². The molecule has 1 N–H and O–H groups in total. The molecule has 0 aliphatic rings. The molecule has 2 heteroatoms. The van der Waals surface area contributed by atoms with Gasteiger partial charge in [-0.15, -0.1) is 0 Å². The number of aryl methyl sites for hydroxylation is 2. The Morgan fingerprint density at radius 3 is 2.10 bits per heavy atom. The smallest absolute Gasteiger partial charge is 0.118 e. The lowest BCUT2D eigenvalue weighted by molar-refractivity contribution is 0.414. The molecule has 106 valence electrons. The van der Waals surface area contributed by atoms with Crippen molar-refractivity contribution in [3.63, 3.8) is 0 Å². The van der Waals surface area contributed by atoms with Gasteiger partial charge in [-0.25, -0.2) is 0 Å². The number of methoxy groups -OCH3 is 1. The number of benzene rings is 2. The van der Waals surface area contributed by atoms with Gasteiger partial charge in [-0.3, -0.25) is 0 Å². The Hall–Kier alpha value is -1.80. The van der Waals surface area contributed by atoms with Gasteiger partial charge in [-0.05, 0) is 50.6 Å². The van der Waals surface area contributed by atoms with Gasteiger partial charge in [-0.1, -0.05) is 41.5 Å². The third-order valence-electron chi connectivity index (χ3n) is 3.59. The molecule has 0 radical (unpaired) electrons. The minimum Gasteiger partial charge on any atom is -0.497 e. The molecule has 0 aliphatic heterocycles. The van der Waals surface area contributed by atoms with E-state index in [2.05, 4.69) is 49.5 Å². The molecule has 0 fully saturated rings. The van der Waals surface area contributed by atoms with Crippen molar-refractivity contribution < 1.29 is 4.74 Å². The van der Waals surface area contributed by atoms with Crippen LogP contribution in [0.25, 0.3) is 0 Å². The summed E-state index contributed by atoms with van der Waals surface area (Å²) in [6, 6.07) is 15.3. The highest BCUT2D eigenvalue weighted by Crippen LogP contribution is 2.22. The van der Waals surface area contributed by atoms with E-state index in [1.54, 1.807) is 7.11 Å². The first-order chi connectivity index (χ1) is 9.62. The fourth-order valence-corrected chi connectivity index (χ4v) is 2.65. The molecule has 0 saturated carbocycles. The second kappa shape index (κ2) is 6.58. The summed E-state index contributed by atoms with van der Waals surface area (Å²) in [6.45, 7) is 4.30. The summed E-state index contributed by atoms with van der Waals surface area (Å²) in [4.78, 5) is 0. The number of hydrogen-bond acceptors (Lipinski definition) is 2. The van der Waals surface area contributed by atoms with E-state index >= 15 is 0 Å². The third-order valence-corrected chi connectivity index (χ3v) is 3.59. The van der Waals surface area contributed by atoms with Crippen molar-refractivity contribution in [2.24, 2.45) is 0 Å². The highest BCUT2D eigenvalue weighted by molar-refractivity contribution is 5.33. The summed E-state index contributed by atoms with van der Waals surface area (Å²) >= 11 is 0. The van der Waals surface area contributed by atoms with E-state index in [9.17, 15) is 0 Å². The van der Waals surface area contributed by atoms with Crippen LogP contribution in [0.3, 0.4) is 0 Å². The van der Waals surface area contributed by atoms with E-state index in [0.717, 1.165) is 12.2 Å². The summed E-state index contributed by atoms with van der Waals surface area (Å²) in [5.41, 5.74) is 5.30. The van der Waals surface area contributed by atoms with E-state index in [1.165, 1.54) is 22.3 Å². The number of likely N-dealkylation sites (N-methyl/N-ethyl adjacent to an activating group) is 1. The number of ether oxygens (including phenoxy) is 1. The zero-order valence-electron chi connectivity index (χ0n) is 12.7. The van der Waals surface area contributed by atoms with E-state index < -0.39 is 0 Å². The largest absolute Gasteiger partial charge is 0.497 e. The van der Waals surface area contributed by atoms with Crippen LogP contribution in [0, 0.1) is 13.8 Å². The Balaban J connectivity index is 2.19. The van der Waals surface area contributed by atoms with Crippen LogP contribution in [0.1, 0.15) is 28.3 Å². The minimum atomic E-state index is 0.321. The first kappa shape index (κ1) is 14.6. The second-order valence-corrected chi connectivity index (χ2v) is 5.31. The van der Waals surface area contributed by atoms with Crippen LogP contribution in [0.2, 0.25) is 0 Å². The maximum absolute atomic E-state index is 5.21. The van der Waals surface area contributed by atoms with Gasteiger partial charge in [0.2, 0.25) is 0 Å². The molecule has 2 nitrogen and oxygen atoms in total. The number of rotatable bonds is 5. The lowest BCUT2D eigenvalue weighted by Gasteiger charge is -2.18. The van der Waals surface area contributed by atoms with E-state index in [4.69, 9.17) is 4.74 Å². The van der Waals surface area contributed by atoms with Crippen molar-refractivity contribution in [2.75, 3.05) is 14.2 Å². The Kier molecular flexibility index (Phi) is 4.80. The molecule has 1 unspecified atom stereocenters. The Morgan fingerprint density at radius 1 is 1.00 bits per heavy atom. The van der Waals surface area contributed by atoms with Crippen LogP contribution in [-0.2, 0) is 6.42 Å². The molecular weight excluding hydrogens is 246 g/mol. The molecule has 0 aliphatic carbocycles. The number of nitrogens with one attached hydrogen (secondary N) is 1. The van der Waals surface area contributed by atoms with Crippen molar-refractivity contribution in [1.29, 1.82) is 0 Å². The maximum atomic E-state index is 5.21. The van der Waals surface area contributed by atoms with Crippen LogP contribution in [0.5, 0.6) is 5.75 Å². The molecule has 0 saturated heterocycles. The van der Waals surface area contributed by atoms with E-state index in [1.807, 2.05) is 19.2 Å². The zero-order valence-corrected chi connectivity index (χ0v) is 12.7. The van der Waals surface area contributed by atoms with Crippen LogP contribution < -0.4 is 10.1 Å². The maximum Gasteiger partial charge on any atom is 0.118 e. The molecule has 2 aromatic rings. The summed E-state index contributed by atoms with van der Waals surface area (Å²) in [7, 11) is 3.71. The average Bonchev–Trinajstić information content (AvgIpc) is 2.44. The quantitative estimate of drug-likeness (QED) is 0.891. The highest BCUT2D eigenvalue weighted by atomic mass is 16.5. The molecule has 2 rings (SSSR count).